The minimum absolute atomic E-state index is 0.0753. The number of piperidine rings is 1. The Morgan fingerprint density at radius 3 is 2.33 bits per heavy atom. The maximum Gasteiger partial charge on any atom is 0.326 e. The molecule has 0 spiro atoms. The van der Waals surface area contributed by atoms with Crippen LogP contribution in [0.15, 0.2) is 0 Å². The number of carbonyl (C=O) groups is 3. The molecule has 0 bridgehead atoms. The van der Waals surface area contributed by atoms with Gasteiger partial charge in [0.05, 0.1) is 6.04 Å². The molecule has 1 aliphatic rings. The summed E-state index contributed by atoms with van der Waals surface area (Å²) in [5.41, 5.74) is 5.89. The van der Waals surface area contributed by atoms with E-state index in [0.717, 1.165) is 0 Å². The molecule has 4 N–H and O–H groups in total. The highest BCUT2D eigenvalue weighted by Gasteiger charge is 2.31. The van der Waals surface area contributed by atoms with Crippen LogP contribution in [0.25, 0.3) is 0 Å². The van der Waals surface area contributed by atoms with Crippen molar-refractivity contribution in [1.82, 2.24) is 10.2 Å². The molecule has 24 heavy (non-hydrogen) atoms. The first-order valence-electron chi connectivity index (χ1n) is 8.34. The van der Waals surface area contributed by atoms with E-state index in [0.29, 0.717) is 38.1 Å². The van der Waals surface area contributed by atoms with Crippen LogP contribution >= 0.6 is 11.8 Å². The van der Waals surface area contributed by atoms with E-state index in [1.54, 1.807) is 16.7 Å². The Morgan fingerprint density at radius 2 is 1.88 bits per heavy atom. The number of carbonyl (C=O) groups excluding carboxylic acids is 2. The van der Waals surface area contributed by atoms with Gasteiger partial charge in [-0.3, -0.25) is 9.59 Å². The number of carboxylic acids is 1. The predicted octanol–water partition coefficient (Wildman–Crippen LogP) is 0.531. The molecule has 0 aliphatic carbocycles. The van der Waals surface area contributed by atoms with Crippen LogP contribution in [0, 0.1) is 11.8 Å². The summed E-state index contributed by atoms with van der Waals surface area (Å²) in [7, 11) is 0. The third-order valence-corrected chi connectivity index (χ3v) is 5.05. The van der Waals surface area contributed by atoms with Crippen LogP contribution in [0.1, 0.15) is 33.1 Å². The van der Waals surface area contributed by atoms with Gasteiger partial charge in [0.2, 0.25) is 11.8 Å². The number of amides is 2. The zero-order valence-electron chi connectivity index (χ0n) is 14.7. The highest BCUT2D eigenvalue weighted by atomic mass is 32.2. The Morgan fingerprint density at radius 1 is 1.29 bits per heavy atom. The maximum absolute atomic E-state index is 12.3. The summed E-state index contributed by atoms with van der Waals surface area (Å²) in [4.78, 5) is 37.4. The van der Waals surface area contributed by atoms with Gasteiger partial charge in [0.25, 0.3) is 0 Å². The first kappa shape index (κ1) is 20.8. The summed E-state index contributed by atoms with van der Waals surface area (Å²) in [5, 5.41) is 11.8. The average molecular weight is 359 g/mol. The zero-order chi connectivity index (χ0) is 18.3. The SMILES string of the molecule is CSCCC(NC(=O)C1CCN(C(=O)C(N)C(C)C)CC1)C(=O)O. The third-order valence-electron chi connectivity index (χ3n) is 4.41. The minimum atomic E-state index is -1.01. The van der Waals surface area contributed by atoms with Gasteiger partial charge in [-0.1, -0.05) is 13.8 Å². The van der Waals surface area contributed by atoms with Gasteiger partial charge < -0.3 is 21.1 Å². The molecule has 1 fully saturated rings. The smallest absolute Gasteiger partial charge is 0.326 e. The van der Waals surface area contributed by atoms with E-state index in [9.17, 15) is 19.5 Å². The first-order valence-corrected chi connectivity index (χ1v) is 9.73. The average Bonchev–Trinajstić information content (AvgIpc) is 2.56. The molecular formula is C16H29N3O4S. The molecule has 0 aromatic heterocycles. The molecule has 0 radical (unpaired) electrons. The number of rotatable bonds is 8. The topological polar surface area (TPSA) is 113 Å². The lowest BCUT2D eigenvalue weighted by Gasteiger charge is -2.34. The van der Waals surface area contributed by atoms with E-state index >= 15 is 0 Å². The summed E-state index contributed by atoms with van der Waals surface area (Å²) in [6.07, 6.45) is 3.38. The fourth-order valence-corrected chi connectivity index (χ4v) is 3.11. The molecule has 2 amide bonds. The number of likely N-dealkylation sites (tertiary alicyclic amines) is 1. The summed E-state index contributed by atoms with van der Waals surface area (Å²) in [6, 6.07) is -1.36. The molecule has 8 heteroatoms. The lowest BCUT2D eigenvalue weighted by molar-refractivity contribution is -0.143. The Hall–Kier alpha value is -1.28. The van der Waals surface area contributed by atoms with Gasteiger partial charge in [-0.05, 0) is 37.2 Å². The van der Waals surface area contributed by atoms with Crippen molar-refractivity contribution in [2.75, 3.05) is 25.1 Å². The fourth-order valence-electron chi connectivity index (χ4n) is 2.64. The van der Waals surface area contributed by atoms with E-state index in [4.69, 9.17) is 5.73 Å². The van der Waals surface area contributed by atoms with Gasteiger partial charge in [-0.15, -0.1) is 0 Å². The Kier molecular flexibility index (Phi) is 8.55. The van der Waals surface area contributed by atoms with Crippen molar-refractivity contribution in [3.63, 3.8) is 0 Å². The fraction of sp³-hybridized carbons (Fsp3) is 0.812. The maximum atomic E-state index is 12.3. The quantitative estimate of drug-likeness (QED) is 0.583. The molecular weight excluding hydrogens is 330 g/mol. The Balaban J connectivity index is 2.50. The van der Waals surface area contributed by atoms with Crippen LogP contribution in [-0.4, -0.2) is 65.0 Å². The predicted molar refractivity (Wildman–Crippen MR) is 94.7 cm³/mol. The summed E-state index contributed by atoms with van der Waals surface area (Å²) < 4.78 is 0. The van der Waals surface area contributed by atoms with Crippen molar-refractivity contribution in [3.05, 3.63) is 0 Å². The number of hydrogen-bond acceptors (Lipinski definition) is 5. The minimum Gasteiger partial charge on any atom is -0.480 e. The third kappa shape index (κ3) is 5.98. The number of carboxylic acid groups (broad SMARTS) is 1. The molecule has 0 aromatic rings. The lowest BCUT2D eigenvalue weighted by atomic mass is 9.94. The molecule has 1 heterocycles. The Bertz CT molecular complexity index is 451. The summed E-state index contributed by atoms with van der Waals surface area (Å²) in [5.74, 6) is -0.812. The monoisotopic (exact) mass is 359 g/mol. The largest absolute Gasteiger partial charge is 0.480 e. The standard InChI is InChI=1S/C16H29N3O4S/c1-10(2)13(17)15(21)19-7-4-11(5-8-19)14(20)18-12(16(22)23)6-9-24-3/h10-13H,4-9,17H2,1-3H3,(H,18,20)(H,22,23). The molecule has 2 unspecified atom stereocenters. The molecule has 1 saturated heterocycles. The molecule has 7 nitrogen and oxygen atoms in total. The van der Waals surface area contributed by atoms with Gasteiger partial charge in [0.15, 0.2) is 0 Å². The second-order valence-corrected chi connectivity index (χ2v) is 7.54. The second kappa shape index (κ2) is 9.88. The molecule has 0 saturated carbocycles. The van der Waals surface area contributed by atoms with Crippen LogP contribution < -0.4 is 11.1 Å². The van der Waals surface area contributed by atoms with Gasteiger partial charge in [0, 0.05) is 19.0 Å². The van der Waals surface area contributed by atoms with E-state index < -0.39 is 18.1 Å². The summed E-state index contributed by atoms with van der Waals surface area (Å²) >= 11 is 1.55. The highest BCUT2D eigenvalue weighted by Crippen LogP contribution is 2.19. The number of nitrogens with zero attached hydrogens (tertiary/aromatic N) is 1. The van der Waals surface area contributed by atoms with E-state index in [1.807, 2.05) is 20.1 Å². The molecule has 0 aromatic carbocycles. The first-order chi connectivity index (χ1) is 11.3. The molecule has 1 rings (SSSR count). The van der Waals surface area contributed by atoms with Gasteiger partial charge >= 0.3 is 5.97 Å². The van der Waals surface area contributed by atoms with Gasteiger partial charge in [-0.25, -0.2) is 4.79 Å². The summed E-state index contributed by atoms with van der Waals surface area (Å²) in [6.45, 7) is 4.78. The Labute approximate surface area is 147 Å². The van der Waals surface area contributed by atoms with Crippen molar-refractivity contribution in [3.8, 4) is 0 Å². The van der Waals surface area contributed by atoms with Crippen LogP contribution in [-0.2, 0) is 14.4 Å². The normalized spacial score (nSPS) is 18.3. The van der Waals surface area contributed by atoms with Crippen molar-refractivity contribution in [2.45, 2.75) is 45.2 Å². The van der Waals surface area contributed by atoms with Crippen molar-refractivity contribution < 1.29 is 19.5 Å². The van der Waals surface area contributed by atoms with Crippen molar-refractivity contribution in [2.24, 2.45) is 17.6 Å². The van der Waals surface area contributed by atoms with Crippen molar-refractivity contribution >= 4 is 29.5 Å². The van der Waals surface area contributed by atoms with Gasteiger partial charge in [-0.2, -0.15) is 11.8 Å². The lowest BCUT2D eigenvalue weighted by Crippen LogP contribution is -2.51. The molecule has 2 atom stereocenters. The van der Waals surface area contributed by atoms with E-state index in [-0.39, 0.29) is 23.7 Å². The van der Waals surface area contributed by atoms with Crippen LogP contribution in [0.2, 0.25) is 0 Å². The number of nitrogens with one attached hydrogen (secondary N) is 1. The number of aliphatic carboxylic acids is 1. The van der Waals surface area contributed by atoms with E-state index in [2.05, 4.69) is 5.32 Å². The number of hydrogen-bond donors (Lipinski definition) is 3. The van der Waals surface area contributed by atoms with Crippen LogP contribution in [0.5, 0.6) is 0 Å². The van der Waals surface area contributed by atoms with Crippen LogP contribution in [0.3, 0.4) is 0 Å². The number of nitrogens with two attached hydrogens (primary N) is 1. The highest BCUT2D eigenvalue weighted by molar-refractivity contribution is 7.98. The van der Waals surface area contributed by atoms with Gasteiger partial charge in [0.1, 0.15) is 6.04 Å². The second-order valence-electron chi connectivity index (χ2n) is 6.55. The van der Waals surface area contributed by atoms with E-state index in [1.165, 1.54) is 0 Å². The van der Waals surface area contributed by atoms with Crippen molar-refractivity contribution in [1.29, 1.82) is 0 Å². The molecule has 1 aliphatic heterocycles. The number of thioether (sulfide) groups is 1. The van der Waals surface area contributed by atoms with Crippen LogP contribution in [0.4, 0.5) is 0 Å². The molecule has 138 valence electrons. The zero-order valence-corrected chi connectivity index (χ0v) is 15.5.